The first-order valence-corrected chi connectivity index (χ1v) is 8.30. The maximum absolute atomic E-state index is 10.1. The van der Waals surface area contributed by atoms with Crippen molar-refractivity contribution in [2.75, 3.05) is 5.73 Å². The molecule has 0 atom stereocenters. The Morgan fingerprint density at radius 2 is 2.11 bits per heavy atom. The third kappa shape index (κ3) is 3.32. The molecule has 0 spiro atoms. The summed E-state index contributed by atoms with van der Waals surface area (Å²) < 4.78 is 9.36. The number of hydrogen-bond donors (Lipinski definition) is 4. The fourth-order valence-electron chi connectivity index (χ4n) is 2.22. The van der Waals surface area contributed by atoms with Crippen molar-refractivity contribution in [1.29, 1.82) is 0 Å². The lowest BCUT2D eigenvalue weighted by Gasteiger charge is -2.17. The van der Waals surface area contributed by atoms with Gasteiger partial charge in [0.15, 0.2) is 0 Å². The molecule has 4 rings (SSSR count). The number of nitrogens with zero attached hydrogens (tertiary/aromatic N) is 6. The summed E-state index contributed by atoms with van der Waals surface area (Å²) in [5, 5.41) is 34.5. The minimum absolute atomic E-state index is 0.0184. The zero-order chi connectivity index (χ0) is 18.8. The number of phenolic OH excluding ortho intramolecular Hbond substituents is 2. The van der Waals surface area contributed by atoms with E-state index in [1.165, 1.54) is 24.4 Å². The lowest BCUT2D eigenvalue weighted by Crippen LogP contribution is -2.08. The number of hydrogen-bond acceptors (Lipinski definition) is 12. The van der Waals surface area contributed by atoms with Crippen LogP contribution < -0.4 is 10.5 Å². The molecule has 0 radical (unpaired) electrons. The number of phenols is 2. The number of fused-ring (bicyclic) bond motifs is 1. The Morgan fingerprint density at radius 1 is 1.22 bits per heavy atom. The van der Waals surface area contributed by atoms with Gasteiger partial charge in [-0.25, -0.2) is 4.63 Å². The van der Waals surface area contributed by atoms with Crippen molar-refractivity contribution in [3.63, 3.8) is 0 Å². The molecule has 0 saturated heterocycles. The van der Waals surface area contributed by atoms with E-state index in [4.69, 9.17) is 5.73 Å². The highest BCUT2D eigenvalue weighted by Gasteiger charge is 2.19. The van der Waals surface area contributed by atoms with E-state index < -0.39 is 0 Å². The maximum atomic E-state index is 10.1. The predicted octanol–water partition coefficient (Wildman–Crippen LogP) is 2.62. The van der Waals surface area contributed by atoms with Gasteiger partial charge in [-0.3, -0.25) is 9.30 Å². The summed E-state index contributed by atoms with van der Waals surface area (Å²) in [6.45, 7) is 0. The lowest BCUT2D eigenvalue weighted by molar-refractivity contribution is 0.310. The molecular formula is C15H12N8O3S. The number of aromatic nitrogens is 2. The number of nitrogens with two attached hydrogens (primary N) is 1. The van der Waals surface area contributed by atoms with Gasteiger partial charge in [-0.1, -0.05) is 0 Å². The molecule has 12 heteroatoms. The standard InChI is InChI=1S/C15H12N8O3S/c16-14-15(22-26-21-14)20-19-10-4-8(12(24)5-13(10)25)6-17-9-2-1-3-23-11(9)7-18-27-23/h1-7,18,24-25H,(H2,16,21). The van der Waals surface area contributed by atoms with Crippen LogP contribution in [-0.2, 0) is 0 Å². The molecular weight excluding hydrogens is 372 g/mol. The molecule has 0 unspecified atom stereocenters. The highest BCUT2D eigenvalue weighted by Crippen LogP contribution is 2.35. The van der Waals surface area contributed by atoms with Gasteiger partial charge in [-0.2, -0.15) is 0 Å². The molecule has 3 heterocycles. The number of benzene rings is 1. The van der Waals surface area contributed by atoms with Crippen LogP contribution in [-0.4, -0.2) is 31.0 Å². The Morgan fingerprint density at radius 3 is 2.93 bits per heavy atom. The van der Waals surface area contributed by atoms with E-state index in [0.29, 0.717) is 11.3 Å². The average Bonchev–Trinajstić information content (AvgIpc) is 3.29. The van der Waals surface area contributed by atoms with Crippen molar-refractivity contribution in [1.82, 2.24) is 19.3 Å². The van der Waals surface area contributed by atoms with Gasteiger partial charge >= 0.3 is 0 Å². The number of rotatable bonds is 4. The average molecular weight is 384 g/mol. The van der Waals surface area contributed by atoms with Crippen molar-refractivity contribution in [2.45, 2.75) is 0 Å². The Hall–Kier alpha value is -3.80. The maximum Gasteiger partial charge on any atom is 0.261 e. The summed E-state index contributed by atoms with van der Waals surface area (Å²) in [6, 6.07) is 2.57. The monoisotopic (exact) mass is 384 g/mol. The molecule has 11 nitrogen and oxygen atoms in total. The minimum Gasteiger partial charge on any atom is -0.507 e. The van der Waals surface area contributed by atoms with Gasteiger partial charge in [0.1, 0.15) is 17.2 Å². The van der Waals surface area contributed by atoms with Crippen LogP contribution in [0.15, 0.2) is 67.9 Å². The van der Waals surface area contributed by atoms with Gasteiger partial charge in [0.2, 0.25) is 5.82 Å². The Kier molecular flexibility index (Phi) is 4.22. The number of allylic oxidation sites excluding steroid dienone is 2. The van der Waals surface area contributed by atoms with Crippen LogP contribution in [0.1, 0.15) is 5.56 Å². The molecule has 0 saturated carbocycles. The van der Waals surface area contributed by atoms with E-state index in [1.807, 2.05) is 28.9 Å². The van der Waals surface area contributed by atoms with Crippen molar-refractivity contribution in [2.24, 2.45) is 15.2 Å². The summed E-state index contributed by atoms with van der Waals surface area (Å²) in [5.41, 5.74) is 7.51. The van der Waals surface area contributed by atoms with Crippen LogP contribution in [0.5, 0.6) is 11.5 Å². The smallest absolute Gasteiger partial charge is 0.261 e. The Labute approximate surface area is 156 Å². The highest BCUT2D eigenvalue weighted by atomic mass is 32.2. The third-order valence-electron chi connectivity index (χ3n) is 3.54. The minimum atomic E-state index is -0.270. The second-order valence-corrected chi connectivity index (χ2v) is 6.10. The summed E-state index contributed by atoms with van der Waals surface area (Å²) in [6.07, 6.45) is 8.88. The first-order valence-electron chi connectivity index (χ1n) is 7.52. The van der Waals surface area contributed by atoms with Crippen molar-refractivity contribution < 1.29 is 14.8 Å². The molecule has 27 heavy (non-hydrogen) atoms. The second kappa shape index (κ2) is 6.84. The lowest BCUT2D eigenvalue weighted by atomic mass is 10.1. The zero-order valence-corrected chi connectivity index (χ0v) is 14.3. The van der Waals surface area contributed by atoms with Gasteiger partial charge in [0.25, 0.3) is 5.82 Å². The normalized spacial score (nSPS) is 15.9. The van der Waals surface area contributed by atoms with Gasteiger partial charge in [-0.15, -0.1) is 10.2 Å². The van der Waals surface area contributed by atoms with E-state index in [2.05, 4.69) is 34.9 Å². The largest absolute Gasteiger partial charge is 0.507 e. The number of nitrogens with one attached hydrogen (secondary N) is 1. The number of aromatic hydroxyl groups is 2. The van der Waals surface area contributed by atoms with Crippen LogP contribution in [0.25, 0.3) is 0 Å². The summed E-state index contributed by atoms with van der Waals surface area (Å²) >= 11 is 1.42. The SMILES string of the molecule is Nc1nonc1N=Nc1cc(C=NC2=CC=CN3SNC=C23)c(O)cc1O. The molecule has 0 aliphatic carbocycles. The summed E-state index contributed by atoms with van der Waals surface area (Å²) in [4.78, 5) is 4.40. The first kappa shape index (κ1) is 16.7. The van der Waals surface area contributed by atoms with Crippen molar-refractivity contribution in [3.8, 4) is 11.5 Å². The number of azo groups is 1. The molecule has 1 aromatic carbocycles. The third-order valence-corrected chi connectivity index (χ3v) is 4.28. The van der Waals surface area contributed by atoms with Crippen LogP contribution in [0.3, 0.4) is 0 Å². The van der Waals surface area contributed by atoms with Gasteiger partial charge in [0, 0.05) is 30.2 Å². The van der Waals surface area contributed by atoms with Crippen LogP contribution >= 0.6 is 12.1 Å². The van der Waals surface area contributed by atoms with Crippen molar-refractivity contribution >= 4 is 35.7 Å². The number of anilines is 1. The van der Waals surface area contributed by atoms with Gasteiger partial charge in [-0.05, 0) is 28.5 Å². The number of aliphatic imine (C=N–C) groups is 1. The van der Waals surface area contributed by atoms with Crippen LogP contribution in [0, 0.1) is 0 Å². The molecule has 0 amide bonds. The van der Waals surface area contributed by atoms with E-state index in [9.17, 15) is 10.2 Å². The fourth-order valence-corrected chi connectivity index (χ4v) is 2.88. The topological polar surface area (TPSA) is 158 Å². The molecule has 2 aromatic rings. The fraction of sp³-hybridized carbons (Fsp3) is 0. The summed E-state index contributed by atoms with van der Waals surface area (Å²) in [5.74, 6) is -0.477. The molecule has 5 N–H and O–H groups in total. The Bertz CT molecular complexity index is 1040. The molecule has 1 aromatic heterocycles. The second-order valence-electron chi connectivity index (χ2n) is 5.29. The van der Waals surface area contributed by atoms with Gasteiger partial charge in [0.05, 0.1) is 23.5 Å². The van der Waals surface area contributed by atoms with E-state index >= 15 is 0 Å². The van der Waals surface area contributed by atoms with Crippen molar-refractivity contribution in [3.05, 3.63) is 53.6 Å². The highest BCUT2D eigenvalue weighted by molar-refractivity contribution is 7.95. The Balaban J connectivity index is 1.61. The molecule has 0 bridgehead atoms. The molecule has 136 valence electrons. The van der Waals surface area contributed by atoms with E-state index in [1.54, 1.807) is 0 Å². The molecule has 2 aliphatic heterocycles. The number of nitrogen functional groups attached to an aromatic ring is 1. The van der Waals surface area contributed by atoms with E-state index in [0.717, 1.165) is 11.8 Å². The van der Waals surface area contributed by atoms with E-state index in [-0.39, 0.29) is 28.8 Å². The predicted molar refractivity (Wildman–Crippen MR) is 98.1 cm³/mol. The molecule has 2 aliphatic rings. The first-order chi connectivity index (χ1) is 13.1. The quantitative estimate of drug-likeness (QED) is 0.353. The molecule has 0 fully saturated rings. The summed E-state index contributed by atoms with van der Waals surface area (Å²) in [7, 11) is 0. The van der Waals surface area contributed by atoms with Crippen LogP contribution in [0.2, 0.25) is 0 Å². The van der Waals surface area contributed by atoms with Gasteiger partial charge < -0.3 is 20.7 Å². The zero-order valence-electron chi connectivity index (χ0n) is 13.5. The van der Waals surface area contributed by atoms with Crippen LogP contribution in [0.4, 0.5) is 17.3 Å².